The summed E-state index contributed by atoms with van der Waals surface area (Å²) in [7, 11) is 0. The highest BCUT2D eigenvalue weighted by atomic mass is 127. The van der Waals surface area contributed by atoms with Gasteiger partial charge >= 0.3 is 11.9 Å². The Morgan fingerprint density at radius 2 is 2.33 bits per heavy atom. The Bertz CT molecular complexity index is 275. The number of hydrogen-bond donors (Lipinski definition) is 0. The van der Waals surface area contributed by atoms with Gasteiger partial charge in [-0.2, -0.15) is 0 Å². The maximum absolute atomic E-state index is 11.7. The van der Waals surface area contributed by atoms with Crippen LogP contribution < -0.4 is 0 Å². The summed E-state index contributed by atoms with van der Waals surface area (Å²) in [4.78, 5) is 22.8. The third kappa shape index (κ3) is 2.62. The Morgan fingerprint density at radius 1 is 1.73 bits per heavy atom. The predicted octanol–water partition coefficient (Wildman–Crippen LogP) is 1.69. The summed E-state index contributed by atoms with van der Waals surface area (Å²) in [5.74, 6) is -0.499. The van der Waals surface area contributed by atoms with E-state index in [4.69, 9.17) is 9.47 Å². The zero-order chi connectivity index (χ0) is 11.6. The molecule has 0 aliphatic carbocycles. The van der Waals surface area contributed by atoms with Crippen molar-refractivity contribution in [3.63, 3.8) is 0 Å². The van der Waals surface area contributed by atoms with Crippen LogP contribution in [-0.4, -0.2) is 28.1 Å². The van der Waals surface area contributed by atoms with E-state index in [2.05, 4.69) is 0 Å². The lowest BCUT2D eigenvalue weighted by molar-refractivity contribution is -0.152. The second-order valence-corrected chi connectivity index (χ2v) is 6.13. The van der Waals surface area contributed by atoms with Gasteiger partial charge in [0.05, 0.1) is 13.0 Å². The molecular weight excluding hydrogens is 311 g/mol. The molecule has 86 valence electrons. The Hall–Kier alpha value is -0.330. The SMILES string of the molecule is CCOC(=O)C(C)(I)[C@@H]1OC(=O)C[C@H]1C. The van der Waals surface area contributed by atoms with Gasteiger partial charge in [-0.25, -0.2) is 0 Å². The molecule has 4 nitrogen and oxygen atoms in total. The molecule has 1 saturated heterocycles. The van der Waals surface area contributed by atoms with Gasteiger partial charge in [0.15, 0.2) is 3.42 Å². The number of ether oxygens (including phenoxy) is 2. The maximum Gasteiger partial charge on any atom is 0.325 e. The Labute approximate surface area is 103 Å². The van der Waals surface area contributed by atoms with Gasteiger partial charge < -0.3 is 9.47 Å². The third-order valence-electron chi connectivity index (χ3n) is 2.47. The minimum atomic E-state index is -0.792. The number of carbonyl (C=O) groups excluding carboxylic acids is 2. The molecule has 0 N–H and O–H groups in total. The van der Waals surface area contributed by atoms with Crippen LogP contribution in [0.3, 0.4) is 0 Å². The molecule has 5 heteroatoms. The quantitative estimate of drug-likeness (QED) is 0.450. The van der Waals surface area contributed by atoms with E-state index in [1.165, 1.54) is 0 Å². The lowest BCUT2D eigenvalue weighted by Gasteiger charge is -2.28. The standard InChI is InChI=1S/C10H15IO4/c1-4-14-9(13)10(3,11)8-6(2)5-7(12)15-8/h6,8H,4-5H2,1-3H3/t6-,8-,10?/m1/s1. The molecule has 0 saturated carbocycles. The highest BCUT2D eigenvalue weighted by Crippen LogP contribution is 2.36. The van der Waals surface area contributed by atoms with Crippen molar-refractivity contribution >= 4 is 34.5 Å². The summed E-state index contributed by atoms with van der Waals surface area (Å²) in [5, 5.41) is 0. The molecule has 1 unspecified atom stereocenters. The van der Waals surface area contributed by atoms with Gasteiger partial charge in [-0.3, -0.25) is 9.59 Å². The van der Waals surface area contributed by atoms with E-state index in [9.17, 15) is 9.59 Å². The fraction of sp³-hybridized carbons (Fsp3) is 0.800. The number of halogens is 1. The fourth-order valence-electron chi connectivity index (χ4n) is 1.71. The molecule has 0 spiro atoms. The smallest absolute Gasteiger partial charge is 0.325 e. The van der Waals surface area contributed by atoms with Crippen molar-refractivity contribution in [2.24, 2.45) is 5.92 Å². The van der Waals surface area contributed by atoms with Gasteiger partial charge in [-0.1, -0.05) is 29.5 Å². The summed E-state index contributed by atoms with van der Waals surface area (Å²) in [6.07, 6.45) is -0.00694. The average molecular weight is 326 g/mol. The van der Waals surface area contributed by atoms with Gasteiger partial charge in [0.1, 0.15) is 6.10 Å². The zero-order valence-electron chi connectivity index (χ0n) is 9.08. The first kappa shape index (κ1) is 12.7. The van der Waals surface area contributed by atoms with Crippen molar-refractivity contribution in [2.45, 2.75) is 36.7 Å². The van der Waals surface area contributed by atoms with Gasteiger partial charge in [0.2, 0.25) is 0 Å². The van der Waals surface area contributed by atoms with Crippen LogP contribution in [0.5, 0.6) is 0 Å². The average Bonchev–Trinajstić information content (AvgIpc) is 2.46. The molecule has 0 aromatic heterocycles. The van der Waals surface area contributed by atoms with Crippen molar-refractivity contribution in [1.29, 1.82) is 0 Å². The number of hydrogen-bond acceptors (Lipinski definition) is 4. The van der Waals surface area contributed by atoms with Crippen LogP contribution in [0.4, 0.5) is 0 Å². The first-order valence-corrected chi connectivity index (χ1v) is 6.03. The van der Waals surface area contributed by atoms with Gasteiger partial charge in [-0.05, 0) is 13.8 Å². The Balaban J connectivity index is 2.76. The summed E-state index contributed by atoms with van der Waals surface area (Å²) in [6.45, 7) is 5.75. The fourth-order valence-corrected chi connectivity index (χ4v) is 2.61. The zero-order valence-corrected chi connectivity index (χ0v) is 11.2. The number of carbonyl (C=O) groups is 2. The van der Waals surface area contributed by atoms with E-state index < -0.39 is 3.42 Å². The largest absolute Gasteiger partial charge is 0.465 e. The van der Waals surface area contributed by atoms with Crippen LogP contribution >= 0.6 is 22.6 Å². The van der Waals surface area contributed by atoms with E-state index in [0.717, 1.165) is 0 Å². The lowest BCUT2D eigenvalue weighted by atomic mass is 9.93. The van der Waals surface area contributed by atoms with Crippen LogP contribution in [0.2, 0.25) is 0 Å². The van der Waals surface area contributed by atoms with Crippen molar-refractivity contribution < 1.29 is 19.1 Å². The first-order chi connectivity index (χ1) is 6.89. The topological polar surface area (TPSA) is 52.6 Å². The third-order valence-corrected chi connectivity index (χ3v) is 3.53. The number of esters is 2. The Kier molecular flexibility index (Phi) is 3.97. The number of rotatable bonds is 3. The van der Waals surface area contributed by atoms with E-state index in [1.807, 2.05) is 29.5 Å². The molecule has 1 aliphatic rings. The van der Waals surface area contributed by atoms with Crippen LogP contribution in [0.25, 0.3) is 0 Å². The van der Waals surface area contributed by atoms with E-state index in [-0.39, 0.29) is 24.0 Å². The van der Waals surface area contributed by atoms with Crippen LogP contribution in [-0.2, 0) is 19.1 Å². The molecule has 0 bridgehead atoms. The van der Waals surface area contributed by atoms with Gasteiger partial charge in [0.25, 0.3) is 0 Å². The molecule has 1 aliphatic heterocycles. The molecule has 1 heterocycles. The maximum atomic E-state index is 11.7. The molecule has 15 heavy (non-hydrogen) atoms. The normalized spacial score (nSPS) is 29.5. The molecule has 0 aromatic rings. The minimum absolute atomic E-state index is 0.0591. The predicted molar refractivity (Wildman–Crippen MR) is 62.7 cm³/mol. The highest BCUT2D eigenvalue weighted by molar-refractivity contribution is 14.1. The van der Waals surface area contributed by atoms with E-state index in [1.54, 1.807) is 13.8 Å². The van der Waals surface area contributed by atoms with Crippen molar-refractivity contribution in [2.75, 3.05) is 6.61 Å². The lowest BCUT2D eigenvalue weighted by Crippen LogP contribution is -2.44. The first-order valence-electron chi connectivity index (χ1n) is 4.95. The van der Waals surface area contributed by atoms with Crippen LogP contribution in [0, 0.1) is 5.92 Å². The molecule has 1 rings (SSSR count). The molecule has 0 aromatic carbocycles. The molecule has 0 amide bonds. The molecular formula is C10H15IO4. The number of alkyl halides is 1. The molecule has 1 fully saturated rings. The second kappa shape index (κ2) is 4.67. The molecule has 3 atom stereocenters. The number of cyclic esters (lactones) is 1. The van der Waals surface area contributed by atoms with E-state index >= 15 is 0 Å². The summed E-state index contributed by atoms with van der Waals surface area (Å²) >= 11 is 2.00. The summed E-state index contributed by atoms with van der Waals surface area (Å²) < 4.78 is 9.33. The van der Waals surface area contributed by atoms with Crippen molar-refractivity contribution in [3.8, 4) is 0 Å². The van der Waals surface area contributed by atoms with Gasteiger partial charge in [-0.15, -0.1) is 0 Å². The Morgan fingerprint density at radius 3 is 2.73 bits per heavy atom. The van der Waals surface area contributed by atoms with Crippen molar-refractivity contribution in [1.82, 2.24) is 0 Å². The minimum Gasteiger partial charge on any atom is -0.465 e. The molecule has 0 radical (unpaired) electrons. The monoisotopic (exact) mass is 326 g/mol. The summed E-state index contributed by atoms with van der Waals surface area (Å²) in [5.41, 5.74) is 0. The van der Waals surface area contributed by atoms with Crippen LogP contribution in [0.1, 0.15) is 27.2 Å². The van der Waals surface area contributed by atoms with Gasteiger partial charge in [0, 0.05) is 5.92 Å². The highest BCUT2D eigenvalue weighted by Gasteiger charge is 2.49. The van der Waals surface area contributed by atoms with E-state index in [0.29, 0.717) is 13.0 Å². The van der Waals surface area contributed by atoms with Crippen LogP contribution in [0.15, 0.2) is 0 Å². The van der Waals surface area contributed by atoms with Crippen molar-refractivity contribution in [3.05, 3.63) is 0 Å². The summed E-state index contributed by atoms with van der Waals surface area (Å²) in [6, 6.07) is 0. The second-order valence-electron chi connectivity index (χ2n) is 3.89.